The largest absolute Gasteiger partial charge is 1.00 e. The number of hydrogen-bond donors (Lipinski definition) is 0. The average Bonchev–Trinajstić information content (AvgIpc) is 3.21. The van der Waals surface area contributed by atoms with Gasteiger partial charge in [-0.3, -0.25) is 0 Å². The first kappa shape index (κ1) is 35.8. The summed E-state index contributed by atoms with van der Waals surface area (Å²) in [4.78, 5) is 0. The summed E-state index contributed by atoms with van der Waals surface area (Å²) in [7, 11) is 0. The van der Waals surface area contributed by atoms with Gasteiger partial charge >= 0.3 is 0 Å². The Bertz CT molecular complexity index is 1640. The van der Waals surface area contributed by atoms with Gasteiger partial charge in [0.1, 0.15) is 24.6 Å². The second-order valence-corrected chi connectivity index (χ2v) is 12.7. The molecule has 0 bridgehead atoms. The van der Waals surface area contributed by atoms with Crippen molar-refractivity contribution in [1.82, 2.24) is 0 Å². The van der Waals surface area contributed by atoms with Crippen molar-refractivity contribution in [3.63, 3.8) is 0 Å². The number of nitrogens with zero attached hydrogens (tertiary/aromatic N) is 1. The zero-order chi connectivity index (χ0) is 33.3. The van der Waals surface area contributed by atoms with Crippen LogP contribution in [-0.4, -0.2) is 30.8 Å². The van der Waals surface area contributed by atoms with Gasteiger partial charge in [0.2, 0.25) is 0 Å². The third-order valence-electron chi connectivity index (χ3n) is 9.40. The van der Waals surface area contributed by atoms with Crippen LogP contribution in [0.3, 0.4) is 0 Å². The quantitative estimate of drug-likeness (QED) is 0.106. The predicted molar refractivity (Wildman–Crippen MR) is 170 cm³/mol. The minimum Gasteiger partial charge on any atom is -1.00 e. The van der Waals surface area contributed by atoms with Crippen LogP contribution >= 0.6 is 0 Å². The van der Waals surface area contributed by atoms with Crippen LogP contribution in [0.1, 0.15) is 63.5 Å². The summed E-state index contributed by atoms with van der Waals surface area (Å²) in [6.45, 7) is 7.41. The van der Waals surface area contributed by atoms with E-state index in [1.807, 2.05) is 0 Å². The molecule has 0 aliphatic carbocycles. The van der Waals surface area contributed by atoms with E-state index in [1.165, 1.54) is 0 Å². The molecule has 0 saturated carbocycles. The highest BCUT2D eigenvalue weighted by Crippen LogP contribution is 2.52. The number of unbranched alkanes of at least 4 members (excludes halogenated alkanes) is 2. The number of hydrogen-bond acceptors (Lipinski definition) is 2. The maximum atomic E-state index is 14.7. The van der Waals surface area contributed by atoms with Gasteiger partial charge in [-0.15, -0.1) is 0 Å². The molecule has 6 rings (SSSR count). The molecular weight excluding hydrogens is 696 g/mol. The maximum absolute atomic E-state index is 14.7. The molecule has 4 aromatic carbocycles. The summed E-state index contributed by atoms with van der Waals surface area (Å²) in [5, 5.41) is 0. The molecule has 0 unspecified atom stereocenters. The number of ether oxygens (including phenoxy) is 2. The van der Waals surface area contributed by atoms with Crippen LogP contribution in [0, 0.1) is 34.9 Å². The number of halogens is 7. The van der Waals surface area contributed by atoms with Gasteiger partial charge in [0.25, 0.3) is 0 Å². The normalized spacial score (nSPS) is 15.0. The lowest BCUT2D eigenvalue weighted by Gasteiger charge is -2.39. The standard InChI is InChI=1S/C38H38F6NO2.BrH/c1-3-5-13-45(14-6-4-2)21-27-25(23-17-29(39)37(43)30(40)18-23)9-11-33-35(27)36-28(22-45)26(24-19-31(41)38(44)32(42)20-24)10-12-34(36)47-16-8-7-15-46-33;/h9-12,17-20H,3-8,13-16,21-22H2,1-2H3;1H/q+1;/p-1. The van der Waals surface area contributed by atoms with Gasteiger partial charge in [0.05, 0.1) is 26.3 Å². The van der Waals surface area contributed by atoms with Crippen LogP contribution in [0.25, 0.3) is 33.4 Å². The Morgan fingerprint density at radius 1 is 0.583 bits per heavy atom. The van der Waals surface area contributed by atoms with E-state index in [-0.39, 0.29) is 28.1 Å². The average molecular weight is 735 g/mol. The van der Waals surface area contributed by atoms with E-state index >= 15 is 0 Å². The zero-order valence-corrected chi connectivity index (χ0v) is 28.6. The summed E-state index contributed by atoms with van der Waals surface area (Å²) < 4.78 is 101. The molecule has 48 heavy (non-hydrogen) atoms. The molecule has 0 amide bonds. The van der Waals surface area contributed by atoms with Crippen molar-refractivity contribution in [3.8, 4) is 44.9 Å². The lowest BCUT2D eigenvalue weighted by molar-refractivity contribution is -0.953. The van der Waals surface area contributed by atoms with Gasteiger partial charge in [-0.05, 0) is 84.3 Å². The molecule has 0 aromatic heterocycles. The van der Waals surface area contributed by atoms with E-state index < -0.39 is 34.9 Å². The van der Waals surface area contributed by atoms with E-state index in [1.54, 1.807) is 24.3 Å². The van der Waals surface area contributed by atoms with E-state index in [4.69, 9.17) is 9.47 Å². The molecular formula is C38H38BrF6NO2. The number of benzene rings is 4. The Hall–Kier alpha value is -3.50. The molecule has 10 heteroatoms. The zero-order valence-electron chi connectivity index (χ0n) is 27.0. The third kappa shape index (κ3) is 6.83. The lowest BCUT2D eigenvalue weighted by Crippen LogP contribution is -3.00. The number of rotatable bonds is 8. The fourth-order valence-corrected chi connectivity index (χ4v) is 7.04. The Balaban J connectivity index is 0.00000451. The topological polar surface area (TPSA) is 18.5 Å². The first-order valence-electron chi connectivity index (χ1n) is 16.4. The van der Waals surface area contributed by atoms with Crippen molar-refractivity contribution in [1.29, 1.82) is 0 Å². The summed E-state index contributed by atoms with van der Waals surface area (Å²) in [5.74, 6) is -7.16. The second kappa shape index (κ2) is 14.9. The number of quaternary nitrogens is 1. The Morgan fingerprint density at radius 3 is 1.31 bits per heavy atom. The molecule has 256 valence electrons. The monoisotopic (exact) mass is 733 g/mol. The van der Waals surface area contributed by atoms with Crippen molar-refractivity contribution in [2.75, 3.05) is 26.3 Å². The van der Waals surface area contributed by atoms with E-state index in [2.05, 4.69) is 13.8 Å². The highest BCUT2D eigenvalue weighted by molar-refractivity contribution is 5.91. The molecule has 0 radical (unpaired) electrons. The first-order valence-corrected chi connectivity index (χ1v) is 16.4. The Labute approximate surface area is 287 Å². The first-order chi connectivity index (χ1) is 22.7. The Morgan fingerprint density at radius 2 is 0.958 bits per heavy atom. The van der Waals surface area contributed by atoms with Gasteiger partial charge in [-0.2, -0.15) is 0 Å². The molecule has 2 aliphatic rings. The predicted octanol–water partition coefficient (Wildman–Crippen LogP) is 7.51. The van der Waals surface area contributed by atoms with Crippen LogP contribution in [0.2, 0.25) is 0 Å². The molecule has 0 saturated heterocycles. The third-order valence-corrected chi connectivity index (χ3v) is 9.40. The molecule has 0 N–H and O–H groups in total. The van der Waals surface area contributed by atoms with Crippen LogP contribution in [-0.2, 0) is 13.1 Å². The van der Waals surface area contributed by atoms with Crippen LogP contribution in [0.15, 0.2) is 48.5 Å². The van der Waals surface area contributed by atoms with Gasteiger partial charge in [-0.1, -0.05) is 38.8 Å². The van der Waals surface area contributed by atoms with Crippen molar-refractivity contribution < 1.29 is 57.3 Å². The molecule has 0 fully saturated rings. The van der Waals surface area contributed by atoms with E-state index in [0.717, 1.165) is 87.0 Å². The molecule has 4 aromatic rings. The minimum atomic E-state index is -1.54. The summed E-state index contributed by atoms with van der Waals surface area (Å²) in [6, 6.07) is 11.1. The van der Waals surface area contributed by atoms with Gasteiger partial charge in [-0.25, -0.2) is 26.3 Å². The van der Waals surface area contributed by atoms with Crippen LogP contribution in [0.5, 0.6) is 11.5 Å². The van der Waals surface area contributed by atoms with Crippen molar-refractivity contribution in [2.45, 2.75) is 65.5 Å². The van der Waals surface area contributed by atoms with E-state index in [9.17, 15) is 26.3 Å². The maximum Gasteiger partial charge on any atom is 0.194 e. The van der Waals surface area contributed by atoms with Crippen molar-refractivity contribution >= 4 is 0 Å². The van der Waals surface area contributed by atoms with Crippen molar-refractivity contribution in [3.05, 3.63) is 94.6 Å². The molecule has 0 atom stereocenters. The van der Waals surface area contributed by atoms with Gasteiger partial charge < -0.3 is 30.9 Å². The summed E-state index contributed by atoms with van der Waals surface area (Å²) >= 11 is 0. The molecule has 2 heterocycles. The molecule has 2 aliphatic heterocycles. The second-order valence-electron chi connectivity index (χ2n) is 12.7. The molecule has 3 nitrogen and oxygen atoms in total. The van der Waals surface area contributed by atoms with Crippen LogP contribution in [0.4, 0.5) is 26.3 Å². The lowest BCUT2D eigenvalue weighted by atomic mass is 9.86. The summed E-state index contributed by atoms with van der Waals surface area (Å²) in [5.41, 5.74) is 4.28. The SMILES string of the molecule is CCCC[N+]1(CCCC)Cc2c(-c3cc(F)c(F)c(F)c3)ccc3c2-c2c(ccc(-c4cc(F)c(F)c(F)c4)c2C1)OCCCCO3.[Br-]. The summed E-state index contributed by atoms with van der Waals surface area (Å²) in [6.07, 6.45) is 5.05. The van der Waals surface area contributed by atoms with E-state index in [0.29, 0.717) is 64.5 Å². The highest BCUT2D eigenvalue weighted by Gasteiger charge is 2.39. The van der Waals surface area contributed by atoms with Gasteiger partial charge in [0, 0.05) is 22.3 Å². The fourth-order valence-electron chi connectivity index (χ4n) is 7.04. The highest BCUT2D eigenvalue weighted by atomic mass is 79.9. The van der Waals surface area contributed by atoms with Crippen molar-refractivity contribution in [2.24, 2.45) is 0 Å². The smallest absolute Gasteiger partial charge is 0.194 e. The van der Waals surface area contributed by atoms with Gasteiger partial charge in [0.15, 0.2) is 34.9 Å². The van der Waals surface area contributed by atoms with Crippen LogP contribution < -0.4 is 26.5 Å². The Kier molecular flexibility index (Phi) is 11.1. The fraction of sp³-hybridized carbons (Fsp3) is 0.368. The molecule has 0 spiro atoms. The minimum absolute atomic E-state index is 0.